The van der Waals surface area contributed by atoms with Gasteiger partial charge in [-0.1, -0.05) is 24.3 Å². The molecule has 8 heteroatoms. The highest BCUT2D eigenvalue weighted by Crippen LogP contribution is 2.39. The molecular weight excluding hydrogens is 460 g/mol. The Kier molecular flexibility index (Phi) is 9.57. The summed E-state index contributed by atoms with van der Waals surface area (Å²) in [4.78, 5) is 14.3. The number of amides is 1. The van der Waals surface area contributed by atoms with Crippen molar-refractivity contribution in [2.24, 2.45) is 5.92 Å². The highest BCUT2D eigenvalue weighted by Gasteiger charge is 2.38. The number of benzene rings is 1. The molecule has 0 aliphatic carbocycles. The van der Waals surface area contributed by atoms with Crippen LogP contribution in [-0.2, 0) is 16.1 Å². The van der Waals surface area contributed by atoms with Crippen LogP contribution in [0.4, 0.5) is 4.79 Å². The van der Waals surface area contributed by atoms with Gasteiger partial charge in [0.05, 0.1) is 6.04 Å². The second-order valence-electron chi connectivity index (χ2n) is 10.5. The maximum Gasteiger partial charge on any atom is 0.410 e. The highest BCUT2D eigenvalue weighted by atomic mass is 35.5. The van der Waals surface area contributed by atoms with Crippen LogP contribution in [0, 0.1) is 12.8 Å². The predicted octanol–water partition coefficient (Wildman–Crippen LogP) is 5.95. The fourth-order valence-electron chi connectivity index (χ4n) is 3.65. The van der Waals surface area contributed by atoms with E-state index in [1.165, 1.54) is 0 Å². The summed E-state index contributed by atoms with van der Waals surface area (Å²) >= 11 is 5.11. The minimum atomic E-state index is -1.29. The zero-order chi connectivity index (χ0) is 25.0. The molecule has 1 amide bonds. The summed E-state index contributed by atoms with van der Waals surface area (Å²) in [5.41, 5.74) is 1.32. The number of carbonyl (C=O) groups is 1. The summed E-state index contributed by atoms with van der Waals surface area (Å²) in [7, 11) is 0. The lowest BCUT2D eigenvalue weighted by Gasteiger charge is -2.38. The molecule has 0 aromatic heterocycles. The Morgan fingerprint density at radius 2 is 1.91 bits per heavy atom. The number of nitrogens with one attached hydrogen (secondary N) is 1. The smallest absolute Gasteiger partial charge is 0.410 e. The number of piperidine rings is 1. The van der Waals surface area contributed by atoms with E-state index in [0.29, 0.717) is 30.5 Å². The first-order chi connectivity index (χ1) is 15.2. The lowest BCUT2D eigenvalue weighted by atomic mass is 9.85. The van der Waals surface area contributed by atoms with Gasteiger partial charge in [-0.2, -0.15) is 0 Å². The normalized spacial score (nSPS) is 17.4. The van der Waals surface area contributed by atoms with Crippen molar-refractivity contribution in [1.29, 1.82) is 0 Å². The van der Waals surface area contributed by atoms with Gasteiger partial charge in [-0.25, -0.2) is 4.79 Å². The Morgan fingerprint density at radius 1 is 1.30 bits per heavy atom. The summed E-state index contributed by atoms with van der Waals surface area (Å²) < 4.78 is 27.6. The van der Waals surface area contributed by atoms with Gasteiger partial charge >= 0.3 is 6.09 Å². The van der Waals surface area contributed by atoms with Crippen LogP contribution in [0.15, 0.2) is 24.8 Å². The van der Waals surface area contributed by atoms with Crippen LogP contribution in [-0.4, -0.2) is 45.6 Å². The molecule has 0 spiro atoms. The van der Waals surface area contributed by atoms with Gasteiger partial charge in [0.1, 0.15) is 22.7 Å². The molecule has 0 bridgehead atoms. The van der Waals surface area contributed by atoms with Gasteiger partial charge in [0.15, 0.2) is 0 Å². The number of rotatable bonds is 7. The standard InChI is InChI=1S/C25H39ClN2O4S/c1-9-14-31-21-16-20(26)17(2)15-19(21)22(27-33(30)25(6,7)8)18-10-12-28(13-11-18)23(29)32-24(3,4)5/h9,15-16,18,22,27H,1,10-14H2,2-8H3/t22-,33+/m1/s1. The number of hydrogen-bond donors (Lipinski definition) is 1. The summed E-state index contributed by atoms with van der Waals surface area (Å²) in [6.45, 7) is 18.6. The van der Waals surface area contributed by atoms with Gasteiger partial charge in [0.25, 0.3) is 0 Å². The van der Waals surface area contributed by atoms with Crippen LogP contribution >= 0.6 is 11.6 Å². The number of nitrogens with zero attached hydrogens (tertiary/aromatic N) is 1. The molecule has 0 saturated carbocycles. The van der Waals surface area contributed by atoms with Crippen molar-refractivity contribution in [2.45, 2.75) is 77.7 Å². The molecule has 1 aliphatic heterocycles. The molecule has 6 nitrogen and oxygen atoms in total. The van der Waals surface area contributed by atoms with Crippen molar-refractivity contribution >= 4 is 29.1 Å². The molecule has 2 atom stereocenters. The number of aryl methyl sites for hydroxylation is 1. The molecule has 1 saturated heterocycles. The van der Waals surface area contributed by atoms with Crippen molar-refractivity contribution in [2.75, 3.05) is 19.7 Å². The third-order valence-corrected chi connectivity index (χ3v) is 7.42. The molecule has 1 heterocycles. The van der Waals surface area contributed by atoms with E-state index in [0.717, 1.165) is 24.0 Å². The van der Waals surface area contributed by atoms with Gasteiger partial charge in [-0.3, -0.25) is 0 Å². The number of ether oxygens (including phenoxy) is 2. The minimum absolute atomic E-state index is 0.154. The topological polar surface area (TPSA) is 73.9 Å². The second-order valence-corrected chi connectivity index (χ2v) is 12.9. The average Bonchev–Trinajstić information content (AvgIpc) is 2.70. The Labute approximate surface area is 207 Å². The quantitative estimate of drug-likeness (QED) is 0.371. The molecule has 2 rings (SSSR count). The van der Waals surface area contributed by atoms with Crippen LogP contribution < -0.4 is 9.46 Å². The van der Waals surface area contributed by atoms with Crippen molar-refractivity contribution in [1.82, 2.24) is 9.62 Å². The predicted molar refractivity (Wildman–Crippen MR) is 136 cm³/mol. The van der Waals surface area contributed by atoms with Crippen LogP contribution in [0.5, 0.6) is 5.75 Å². The molecular formula is C25H39ClN2O4S. The summed E-state index contributed by atoms with van der Waals surface area (Å²) in [5, 5.41) is 0.619. The summed E-state index contributed by atoms with van der Waals surface area (Å²) in [6.07, 6.45) is 2.90. The molecule has 0 unspecified atom stereocenters. The fraction of sp³-hybridized carbons (Fsp3) is 0.640. The van der Waals surface area contributed by atoms with E-state index >= 15 is 0 Å². The Bertz CT molecular complexity index is 827. The molecule has 0 radical (unpaired) electrons. The molecule has 1 aromatic rings. The monoisotopic (exact) mass is 498 g/mol. The largest absolute Gasteiger partial charge is 0.598 e. The summed E-state index contributed by atoms with van der Waals surface area (Å²) in [5.74, 6) is 0.810. The zero-order valence-electron chi connectivity index (χ0n) is 21.0. The van der Waals surface area contributed by atoms with E-state index in [-0.39, 0.29) is 18.1 Å². The first kappa shape index (κ1) is 27.8. The van der Waals surface area contributed by atoms with Gasteiger partial charge in [-0.15, -0.1) is 4.72 Å². The van der Waals surface area contributed by atoms with Gasteiger partial charge in [0.2, 0.25) is 0 Å². The van der Waals surface area contributed by atoms with E-state index in [1.807, 2.05) is 60.6 Å². The van der Waals surface area contributed by atoms with Crippen LogP contribution in [0.3, 0.4) is 0 Å². The van der Waals surface area contributed by atoms with Crippen LogP contribution in [0.2, 0.25) is 5.02 Å². The van der Waals surface area contributed by atoms with E-state index in [2.05, 4.69) is 11.3 Å². The average molecular weight is 499 g/mol. The van der Waals surface area contributed by atoms with Crippen molar-refractivity contribution < 1.29 is 18.8 Å². The Balaban J connectivity index is 2.32. The first-order valence-corrected chi connectivity index (χ1v) is 13.0. The van der Waals surface area contributed by atoms with Crippen molar-refractivity contribution in [3.63, 3.8) is 0 Å². The maximum absolute atomic E-state index is 13.1. The van der Waals surface area contributed by atoms with Gasteiger partial charge in [-0.05, 0) is 84.9 Å². The molecule has 1 N–H and O–H groups in total. The number of hydrogen-bond acceptors (Lipinski definition) is 5. The first-order valence-electron chi connectivity index (χ1n) is 11.4. The van der Waals surface area contributed by atoms with Crippen LogP contribution in [0.25, 0.3) is 0 Å². The van der Waals surface area contributed by atoms with E-state index in [4.69, 9.17) is 21.1 Å². The lowest BCUT2D eigenvalue weighted by Crippen LogP contribution is -2.47. The summed E-state index contributed by atoms with van der Waals surface area (Å²) in [6, 6.07) is 3.61. The second kappa shape index (κ2) is 11.3. The van der Waals surface area contributed by atoms with Crippen molar-refractivity contribution in [3.8, 4) is 5.75 Å². The minimum Gasteiger partial charge on any atom is -0.598 e. The van der Waals surface area contributed by atoms with Gasteiger partial charge < -0.3 is 18.9 Å². The van der Waals surface area contributed by atoms with Gasteiger partial charge in [0, 0.05) is 35.0 Å². The fourth-order valence-corrected chi connectivity index (χ4v) is 4.71. The molecule has 186 valence electrons. The van der Waals surface area contributed by atoms with Crippen LogP contribution in [0.1, 0.15) is 71.6 Å². The van der Waals surface area contributed by atoms with E-state index in [1.54, 1.807) is 11.0 Å². The molecule has 1 aromatic carbocycles. The van der Waals surface area contributed by atoms with Crippen molar-refractivity contribution in [3.05, 3.63) is 40.9 Å². The van der Waals surface area contributed by atoms with E-state index in [9.17, 15) is 9.35 Å². The molecule has 1 fully saturated rings. The molecule has 33 heavy (non-hydrogen) atoms. The third-order valence-electron chi connectivity index (χ3n) is 5.44. The maximum atomic E-state index is 13.1. The molecule has 1 aliphatic rings. The Morgan fingerprint density at radius 3 is 2.42 bits per heavy atom. The number of carbonyl (C=O) groups excluding carboxylic acids is 1. The zero-order valence-corrected chi connectivity index (χ0v) is 22.6. The lowest BCUT2D eigenvalue weighted by molar-refractivity contribution is 0.0171. The highest BCUT2D eigenvalue weighted by molar-refractivity contribution is 7.90. The third kappa shape index (κ3) is 8.09. The number of likely N-dealkylation sites (tertiary alicyclic amines) is 1. The van der Waals surface area contributed by atoms with E-state index < -0.39 is 21.7 Å². The number of halogens is 1. The Hall–Kier alpha value is -1.41. The SMILES string of the molecule is C=CCOc1cc(Cl)c(C)cc1[C@H](N[S@@+]([O-])C(C)(C)C)C1CCN(C(=O)OC(C)(C)C)CC1.